The van der Waals surface area contributed by atoms with Crippen LogP contribution in [0.2, 0.25) is 0 Å². The third-order valence-corrected chi connectivity index (χ3v) is 9.54. The third kappa shape index (κ3) is 4.73. The summed E-state index contributed by atoms with van der Waals surface area (Å²) in [5.74, 6) is 1.14. The van der Waals surface area contributed by atoms with Gasteiger partial charge in [-0.05, 0) is 55.9 Å². The number of rotatable bonds is 7. The molecule has 2 aromatic heterocycles. The second-order valence-corrected chi connectivity index (χ2v) is 11.7. The van der Waals surface area contributed by atoms with Gasteiger partial charge in [0.1, 0.15) is 4.21 Å². The number of hydrogen-bond donors (Lipinski definition) is 1. The molecular weight excluding hydrogens is 460 g/mol. The maximum atomic E-state index is 13.2. The van der Waals surface area contributed by atoms with Crippen molar-refractivity contribution in [1.82, 2.24) is 14.4 Å². The highest BCUT2D eigenvalue weighted by atomic mass is 32.2. The number of aryl methyl sites for hydroxylation is 1. The van der Waals surface area contributed by atoms with E-state index in [0.29, 0.717) is 49.1 Å². The van der Waals surface area contributed by atoms with E-state index in [1.165, 1.54) is 4.31 Å². The molecule has 0 unspecified atom stereocenters. The SMILES string of the molecule is CCc1cccc(NC(=O)C2CCN(S(=O)(=O)c3cc(-c4noc(C5CC5)n4)cs3)CC2)c1. The van der Waals surface area contributed by atoms with Crippen LogP contribution < -0.4 is 5.32 Å². The molecule has 1 amide bonds. The highest BCUT2D eigenvalue weighted by Gasteiger charge is 2.34. The Morgan fingerprint density at radius 2 is 2.00 bits per heavy atom. The Morgan fingerprint density at radius 1 is 1.21 bits per heavy atom. The van der Waals surface area contributed by atoms with E-state index in [0.717, 1.165) is 41.9 Å². The lowest BCUT2D eigenvalue weighted by molar-refractivity contribution is -0.120. The Balaban J connectivity index is 1.21. The van der Waals surface area contributed by atoms with Crippen LogP contribution in [-0.2, 0) is 21.2 Å². The topological polar surface area (TPSA) is 105 Å². The summed E-state index contributed by atoms with van der Waals surface area (Å²) >= 11 is 1.16. The molecule has 10 heteroatoms. The Bertz CT molecular complexity index is 1250. The van der Waals surface area contributed by atoms with Crippen LogP contribution in [0, 0.1) is 5.92 Å². The molecule has 8 nitrogen and oxygen atoms in total. The van der Waals surface area contributed by atoms with E-state index in [2.05, 4.69) is 22.4 Å². The number of benzene rings is 1. The fourth-order valence-corrected chi connectivity index (χ4v) is 6.80. The minimum Gasteiger partial charge on any atom is -0.339 e. The molecule has 33 heavy (non-hydrogen) atoms. The van der Waals surface area contributed by atoms with Crippen molar-refractivity contribution in [2.24, 2.45) is 5.92 Å². The normalized spacial score (nSPS) is 17.8. The number of amides is 1. The van der Waals surface area contributed by atoms with Crippen LogP contribution in [0.15, 0.2) is 44.4 Å². The number of carbonyl (C=O) groups is 1. The fraction of sp³-hybridized carbons (Fsp3) is 0.435. The molecule has 0 bridgehead atoms. The standard InChI is InChI=1S/C23H26N4O4S2/c1-2-15-4-3-5-19(12-15)24-22(28)16-8-10-27(11-9-16)33(29,30)20-13-18(14-32-20)21-25-23(31-26-21)17-6-7-17/h3-5,12-14,16-17H,2,6-11H2,1H3,(H,24,28). The van der Waals surface area contributed by atoms with Crippen LogP contribution in [0.4, 0.5) is 5.69 Å². The van der Waals surface area contributed by atoms with Gasteiger partial charge in [0.05, 0.1) is 0 Å². The Morgan fingerprint density at radius 3 is 2.73 bits per heavy atom. The highest BCUT2D eigenvalue weighted by Crippen LogP contribution is 2.40. The molecule has 1 aliphatic carbocycles. The van der Waals surface area contributed by atoms with Crippen LogP contribution in [0.1, 0.15) is 50.0 Å². The number of nitrogens with zero attached hydrogens (tertiary/aromatic N) is 3. The molecule has 1 N–H and O–H groups in total. The lowest BCUT2D eigenvalue weighted by Crippen LogP contribution is -2.41. The molecule has 3 aromatic rings. The molecule has 1 saturated heterocycles. The van der Waals surface area contributed by atoms with Gasteiger partial charge in [-0.2, -0.15) is 9.29 Å². The van der Waals surface area contributed by atoms with E-state index in [9.17, 15) is 13.2 Å². The number of piperidine rings is 1. The Labute approximate surface area is 197 Å². The zero-order valence-corrected chi connectivity index (χ0v) is 20.0. The number of sulfonamides is 1. The quantitative estimate of drug-likeness (QED) is 0.534. The predicted molar refractivity (Wildman–Crippen MR) is 126 cm³/mol. The smallest absolute Gasteiger partial charge is 0.252 e. The van der Waals surface area contributed by atoms with Gasteiger partial charge in [-0.25, -0.2) is 8.42 Å². The second-order valence-electron chi connectivity index (χ2n) is 8.61. The molecule has 5 rings (SSSR count). The van der Waals surface area contributed by atoms with Gasteiger partial charge in [0.2, 0.25) is 17.6 Å². The van der Waals surface area contributed by atoms with E-state index in [-0.39, 0.29) is 16.0 Å². The van der Waals surface area contributed by atoms with Crippen LogP contribution in [-0.4, -0.2) is 41.9 Å². The first-order valence-corrected chi connectivity index (χ1v) is 13.6. The van der Waals surface area contributed by atoms with Crippen LogP contribution in [0.25, 0.3) is 11.4 Å². The van der Waals surface area contributed by atoms with Crippen molar-refractivity contribution < 1.29 is 17.7 Å². The maximum Gasteiger partial charge on any atom is 0.252 e. The molecule has 0 atom stereocenters. The number of carbonyl (C=O) groups excluding carboxylic acids is 1. The Hall–Kier alpha value is -2.56. The van der Waals surface area contributed by atoms with Crippen LogP contribution in [0.5, 0.6) is 0 Å². The number of hydrogen-bond acceptors (Lipinski definition) is 7. The first-order valence-electron chi connectivity index (χ1n) is 11.3. The molecule has 3 heterocycles. The second kappa shape index (κ2) is 9.00. The Kier molecular flexibility index (Phi) is 6.07. The van der Waals surface area contributed by atoms with Crippen molar-refractivity contribution in [1.29, 1.82) is 0 Å². The average Bonchev–Trinajstić information content (AvgIpc) is 3.34. The molecule has 1 aliphatic heterocycles. The van der Waals surface area contributed by atoms with Crippen LogP contribution in [0.3, 0.4) is 0 Å². The number of nitrogens with one attached hydrogen (secondary N) is 1. The zero-order chi connectivity index (χ0) is 23.0. The number of thiophene rings is 1. The van der Waals surface area contributed by atoms with Crippen molar-refractivity contribution in [2.45, 2.75) is 49.2 Å². The lowest BCUT2D eigenvalue weighted by Gasteiger charge is -2.30. The summed E-state index contributed by atoms with van der Waals surface area (Å²) in [6.45, 7) is 2.70. The summed E-state index contributed by atoms with van der Waals surface area (Å²) in [4.78, 5) is 17.1. The van der Waals surface area contributed by atoms with Gasteiger partial charge >= 0.3 is 0 Å². The zero-order valence-electron chi connectivity index (χ0n) is 18.4. The van der Waals surface area contributed by atoms with Gasteiger partial charge < -0.3 is 9.84 Å². The van der Waals surface area contributed by atoms with E-state index < -0.39 is 10.0 Å². The molecule has 1 aromatic carbocycles. The van der Waals surface area contributed by atoms with Crippen molar-refractivity contribution in [3.63, 3.8) is 0 Å². The number of anilines is 1. The van der Waals surface area contributed by atoms with Crippen molar-refractivity contribution >= 4 is 33.0 Å². The highest BCUT2D eigenvalue weighted by molar-refractivity contribution is 7.91. The van der Waals surface area contributed by atoms with E-state index in [1.54, 1.807) is 11.4 Å². The van der Waals surface area contributed by atoms with Gasteiger partial charge in [0, 0.05) is 41.6 Å². The van der Waals surface area contributed by atoms with E-state index >= 15 is 0 Å². The molecule has 2 aliphatic rings. The van der Waals surface area contributed by atoms with Crippen molar-refractivity contribution in [2.75, 3.05) is 18.4 Å². The maximum absolute atomic E-state index is 13.2. The van der Waals surface area contributed by atoms with Gasteiger partial charge in [-0.15, -0.1) is 11.3 Å². The van der Waals surface area contributed by atoms with Crippen molar-refractivity contribution in [3.05, 3.63) is 47.2 Å². The molecule has 0 radical (unpaired) electrons. The number of aromatic nitrogens is 2. The van der Waals surface area contributed by atoms with Gasteiger partial charge in [-0.1, -0.05) is 24.2 Å². The van der Waals surface area contributed by atoms with Gasteiger partial charge in [0.25, 0.3) is 10.0 Å². The molecule has 174 valence electrons. The fourth-order valence-electron chi connectivity index (χ4n) is 4.02. The minimum absolute atomic E-state index is 0.0534. The monoisotopic (exact) mass is 486 g/mol. The predicted octanol–water partition coefficient (Wildman–Crippen LogP) is 4.28. The molecule has 0 spiro atoms. The summed E-state index contributed by atoms with van der Waals surface area (Å²) in [6, 6.07) is 9.42. The largest absolute Gasteiger partial charge is 0.339 e. The summed E-state index contributed by atoms with van der Waals surface area (Å²) in [7, 11) is -3.63. The van der Waals surface area contributed by atoms with Gasteiger partial charge in [-0.3, -0.25) is 4.79 Å². The van der Waals surface area contributed by atoms with E-state index in [4.69, 9.17) is 4.52 Å². The van der Waals surface area contributed by atoms with Crippen LogP contribution >= 0.6 is 11.3 Å². The van der Waals surface area contributed by atoms with Gasteiger partial charge in [0.15, 0.2) is 0 Å². The summed E-state index contributed by atoms with van der Waals surface area (Å²) in [5, 5.41) is 8.73. The van der Waals surface area contributed by atoms with Crippen molar-refractivity contribution in [3.8, 4) is 11.4 Å². The first-order chi connectivity index (χ1) is 15.9. The third-order valence-electron chi connectivity index (χ3n) is 6.22. The first kappa shape index (κ1) is 22.2. The summed E-state index contributed by atoms with van der Waals surface area (Å²) in [6.07, 6.45) is 4.01. The average molecular weight is 487 g/mol. The molecule has 1 saturated carbocycles. The minimum atomic E-state index is -3.63. The summed E-state index contributed by atoms with van der Waals surface area (Å²) < 4.78 is 33.3. The van der Waals surface area contributed by atoms with E-state index in [1.807, 2.05) is 24.3 Å². The molecule has 2 fully saturated rings. The molecular formula is C23H26N4O4S2. The lowest BCUT2D eigenvalue weighted by atomic mass is 9.97. The summed E-state index contributed by atoms with van der Waals surface area (Å²) in [5.41, 5.74) is 2.60.